The largest absolute Gasteiger partial charge is 0.349 e. The lowest BCUT2D eigenvalue weighted by Gasteiger charge is -2.15. The maximum absolute atomic E-state index is 5.58. The van der Waals surface area contributed by atoms with E-state index >= 15 is 0 Å². The standard InChI is InChI=1S/C14H24O2/c1-6-7-14(15-10-8-12(2)3)16-11-9-13(4)5/h6-7,14H,2,4,8-11H2,1,3,5H3. The molecule has 0 atom stereocenters. The molecule has 2 nitrogen and oxygen atoms in total. The molecule has 0 radical (unpaired) electrons. The van der Waals surface area contributed by atoms with Crippen LogP contribution in [0.15, 0.2) is 36.5 Å². The van der Waals surface area contributed by atoms with Gasteiger partial charge < -0.3 is 9.47 Å². The highest BCUT2D eigenvalue weighted by Crippen LogP contribution is 2.04. The number of rotatable bonds is 9. The van der Waals surface area contributed by atoms with Crippen LogP contribution in [0.4, 0.5) is 0 Å². The summed E-state index contributed by atoms with van der Waals surface area (Å²) in [6.07, 6.45) is 5.35. The van der Waals surface area contributed by atoms with Crippen molar-refractivity contribution < 1.29 is 9.47 Å². The van der Waals surface area contributed by atoms with Gasteiger partial charge in [0, 0.05) is 0 Å². The molecule has 16 heavy (non-hydrogen) atoms. The van der Waals surface area contributed by atoms with Crippen molar-refractivity contribution in [2.75, 3.05) is 13.2 Å². The minimum Gasteiger partial charge on any atom is -0.349 e. The fourth-order valence-corrected chi connectivity index (χ4v) is 1.01. The van der Waals surface area contributed by atoms with Gasteiger partial charge >= 0.3 is 0 Å². The number of allylic oxidation sites excluding steroid dienone is 1. The lowest BCUT2D eigenvalue weighted by Crippen LogP contribution is -2.16. The Hall–Kier alpha value is -0.860. The minimum absolute atomic E-state index is 0.247. The summed E-state index contributed by atoms with van der Waals surface area (Å²) in [4.78, 5) is 0. The molecule has 92 valence electrons. The maximum Gasteiger partial charge on any atom is 0.176 e. The summed E-state index contributed by atoms with van der Waals surface area (Å²) >= 11 is 0. The van der Waals surface area contributed by atoms with Crippen LogP contribution in [-0.2, 0) is 9.47 Å². The van der Waals surface area contributed by atoms with Crippen molar-refractivity contribution >= 4 is 0 Å². The molecule has 0 rings (SSSR count). The summed E-state index contributed by atoms with van der Waals surface area (Å²) < 4.78 is 11.2. The van der Waals surface area contributed by atoms with Crippen LogP contribution in [0.1, 0.15) is 33.6 Å². The lowest BCUT2D eigenvalue weighted by molar-refractivity contribution is -0.109. The van der Waals surface area contributed by atoms with Gasteiger partial charge in [0.1, 0.15) is 0 Å². The molecule has 2 heteroatoms. The Morgan fingerprint density at radius 3 is 1.81 bits per heavy atom. The highest BCUT2D eigenvalue weighted by atomic mass is 16.7. The van der Waals surface area contributed by atoms with Crippen LogP contribution in [0.3, 0.4) is 0 Å². The molecule has 0 aromatic rings. The third-order valence-corrected chi connectivity index (χ3v) is 1.97. The van der Waals surface area contributed by atoms with E-state index in [9.17, 15) is 0 Å². The average Bonchev–Trinajstić information content (AvgIpc) is 2.16. The van der Waals surface area contributed by atoms with Gasteiger partial charge in [-0.25, -0.2) is 0 Å². The van der Waals surface area contributed by atoms with Crippen LogP contribution < -0.4 is 0 Å². The minimum atomic E-state index is -0.247. The second kappa shape index (κ2) is 9.37. The van der Waals surface area contributed by atoms with Crippen molar-refractivity contribution in [2.45, 2.75) is 39.9 Å². The average molecular weight is 224 g/mol. The quantitative estimate of drug-likeness (QED) is 0.437. The zero-order valence-corrected chi connectivity index (χ0v) is 10.8. The SMILES string of the molecule is C=C(C)CCOC(C=CC)OCCC(=C)C. The molecule has 0 saturated heterocycles. The molecule has 0 aromatic carbocycles. The molecule has 0 aromatic heterocycles. The first-order valence-electron chi connectivity index (χ1n) is 5.71. The number of hydrogen-bond acceptors (Lipinski definition) is 2. The van der Waals surface area contributed by atoms with E-state index in [1.807, 2.05) is 32.9 Å². The van der Waals surface area contributed by atoms with Gasteiger partial charge in [0.15, 0.2) is 6.29 Å². The van der Waals surface area contributed by atoms with Gasteiger partial charge in [0.05, 0.1) is 13.2 Å². The molecule has 0 saturated carbocycles. The third-order valence-electron chi connectivity index (χ3n) is 1.97. The molecular weight excluding hydrogens is 200 g/mol. The summed E-state index contributed by atoms with van der Waals surface area (Å²) in [7, 11) is 0. The third kappa shape index (κ3) is 9.69. The van der Waals surface area contributed by atoms with Crippen molar-refractivity contribution in [2.24, 2.45) is 0 Å². The van der Waals surface area contributed by atoms with Crippen LogP contribution in [0, 0.1) is 0 Å². The molecule has 0 heterocycles. The summed E-state index contributed by atoms with van der Waals surface area (Å²) in [5, 5.41) is 0. The Morgan fingerprint density at radius 2 is 1.50 bits per heavy atom. The molecule has 0 fully saturated rings. The maximum atomic E-state index is 5.58. The molecule has 0 aliphatic carbocycles. The molecular formula is C14H24O2. The van der Waals surface area contributed by atoms with Crippen molar-refractivity contribution in [3.05, 3.63) is 36.5 Å². The Labute approximate surface area is 99.6 Å². The summed E-state index contributed by atoms with van der Waals surface area (Å²) in [6.45, 7) is 14.9. The summed E-state index contributed by atoms with van der Waals surface area (Å²) in [5.41, 5.74) is 2.25. The summed E-state index contributed by atoms with van der Waals surface area (Å²) in [6, 6.07) is 0. The van der Waals surface area contributed by atoms with Gasteiger partial charge in [-0.2, -0.15) is 0 Å². The summed E-state index contributed by atoms with van der Waals surface area (Å²) in [5.74, 6) is 0. The van der Waals surface area contributed by atoms with E-state index in [2.05, 4.69) is 13.2 Å². The van der Waals surface area contributed by atoms with Crippen LogP contribution in [0.2, 0.25) is 0 Å². The molecule has 0 aliphatic rings. The van der Waals surface area contributed by atoms with Crippen molar-refractivity contribution in [3.8, 4) is 0 Å². The van der Waals surface area contributed by atoms with Gasteiger partial charge in [-0.1, -0.05) is 17.2 Å². The van der Waals surface area contributed by atoms with Gasteiger partial charge in [0.25, 0.3) is 0 Å². The fourth-order valence-electron chi connectivity index (χ4n) is 1.01. The van der Waals surface area contributed by atoms with Crippen molar-refractivity contribution in [1.29, 1.82) is 0 Å². The van der Waals surface area contributed by atoms with E-state index in [0.717, 1.165) is 24.0 Å². The normalized spacial score (nSPS) is 11.2. The van der Waals surface area contributed by atoms with Gasteiger partial charge in [-0.05, 0) is 39.7 Å². The van der Waals surface area contributed by atoms with Crippen molar-refractivity contribution in [3.63, 3.8) is 0 Å². The second-order valence-corrected chi connectivity index (χ2v) is 4.05. The van der Waals surface area contributed by atoms with E-state index in [-0.39, 0.29) is 6.29 Å². The Kier molecular flexibility index (Phi) is 8.87. The van der Waals surface area contributed by atoms with Crippen LogP contribution in [0.25, 0.3) is 0 Å². The number of ether oxygens (including phenoxy) is 2. The lowest BCUT2D eigenvalue weighted by atomic mass is 10.2. The van der Waals surface area contributed by atoms with Crippen LogP contribution in [-0.4, -0.2) is 19.5 Å². The molecule has 0 N–H and O–H groups in total. The highest BCUT2D eigenvalue weighted by Gasteiger charge is 2.04. The smallest absolute Gasteiger partial charge is 0.176 e. The Morgan fingerprint density at radius 1 is 1.06 bits per heavy atom. The van der Waals surface area contributed by atoms with Gasteiger partial charge in [-0.3, -0.25) is 0 Å². The Balaban J connectivity index is 3.78. The molecule has 0 unspecified atom stereocenters. The van der Waals surface area contributed by atoms with Gasteiger partial charge in [0.2, 0.25) is 0 Å². The topological polar surface area (TPSA) is 18.5 Å². The predicted molar refractivity (Wildman–Crippen MR) is 69.4 cm³/mol. The number of hydrogen-bond donors (Lipinski definition) is 0. The van der Waals surface area contributed by atoms with E-state index < -0.39 is 0 Å². The molecule has 0 bridgehead atoms. The fraction of sp³-hybridized carbons (Fsp3) is 0.571. The van der Waals surface area contributed by atoms with Crippen LogP contribution in [0.5, 0.6) is 0 Å². The second-order valence-electron chi connectivity index (χ2n) is 4.05. The van der Waals surface area contributed by atoms with E-state index in [1.54, 1.807) is 0 Å². The molecule has 0 spiro atoms. The predicted octanol–water partition coefficient (Wildman–Crippen LogP) is 3.85. The zero-order valence-electron chi connectivity index (χ0n) is 10.8. The van der Waals surface area contributed by atoms with Gasteiger partial charge in [-0.15, -0.1) is 13.2 Å². The molecule has 0 aliphatic heterocycles. The zero-order chi connectivity index (χ0) is 12.4. The monoisotopic (exact) mass is 224 g/mol. The van der Waals surface area contributed by atoms with Crippen LogP contribution >= 0.6 is 0 Å². The first kappa shape index (κ1) is 15.1. The first-order chi connectivity index (χ1) is 7.56. The Bertz CT molecular complexity index is 221. The molecule has 0 amide bonds. The van der Waals surface area contributed by atoms with E-state index in [0.29, 0.717) is 13.2 Å². The first-order valence-corrected chi connectivity index (χ1v) is 5.71. The van der Waals surface area contributed by atoms with E-state index in [4.69, 9.17) is 9.47 Å². The van der Waals surface area contributed by atoms with E-state index in [1.165, 1.54) is 0 Å². The van der Waals surface area contributed by atoms with Crippen molar-refractivity contribution in [1.82, 2.24) is 0 Å². The highest BCUT2D eigenvalue weighted by molar-refractivity contribution is 4.89.